The van der Waals surface area contributed by atoms with Crippen LogP contribution in [0.1, 0.15) is 26.8 Å². The number of rotatable bonds is 3. The summed E-state index contributed by atoms with van der Waals surface area (Å²) in [6, 6.07) is 0.209. The highest BCUT2D eigenvalue weighted by atomic mass is 79.9. The van der Waals surface area contributed by atoms with Crippen LogP contribution in [-0.2, 0) is 6.54 Å². The van der Waals surface area contributed by atoms with Gasteiger partial charge in [-0.2, -0.15) is 9.90 Å². The Balaban J connectivity index is 2.39. The van der Waals surface area contributed by atoms with Gasteiger partial charge in [0.2, 0.25) is 5.82 Å². The Morgan fingerprint density at radius 3 is 2.69 bits per heavy atom. The average Bonchev–Trinajstić information content (AvgIpc) is 2.83. The molecule has 86 valence electrons. The largest absolute Gasteiger partial charge is 0.258 e. The van der Waals surface area contributed by atoms with Crippen molar-refractivity contribution >= 4 is 15.9 Å². The lowest BCUT2D eigenvalue weighted by molar-refractivity contribution is 0.455. The van der Waals surface area contributed by atoms with Crippen molar-refractivity contribution in [1.29, 1.82) is 0 Å². The van der Waals surface area contributed by atoms with Crippen LogP contribution in [0.4, 0.5) is 0 Å². The maximum absolute atomic E-state index is 4.30. The monoisotopic (exact) mass is 284 g/mol. The third-order valence-corrected chi connectivity index (χ3v) is 3.04. The number of tetrazole rings is 1. The molecule has 16 heavy (non-hydrogen) atoms. The fourth-order valence-electron chi connectivity index (χ4n) is 1.29. The summed E-state index contributed by atoms with van der Waals surface area (Å²) in [5.41, 5.74) is 0.869. The van der Waals surface area contributed by atoms with Crippen LogP contribution in [0.3, 0.4) is 0 Å². The summed E-state index contributed by atoms with van der Waals surface area (Å²) in [4.78, 5) is 1.59. The van der Waals surface area contributed by atoms with E-state index in [9.17, 15) is 0 Å². The summed E-state index contributed by atoms with van der Waals surface area (Å²) in [5, 5.41) is 16.5. The van der Waals surface area contributed by atoms with Crippen LogP contribution in [0, 0.1) is 0 Å². The van der Waals surface area contributed by atoms with Crippen molar-refractivity contribution in [3.63, 3.8) is 0 Å². The molecule has 2 rings (SSSR count). The maximum atomic E-state index is 4.30. The SMILES string of the molecule is CCn1ncc(-c2nnn(C(C)C)n2)c1Br. The van der Waals surface area contributed by atoms with Gasteiger partial charge in [-0.1, -0.05) is 0 Å². The molecule has 0 amide bonds. The van der Waals surface area contributed by atoms with Crippen LogP contribution in [0.5, 0.6) is 0 Å². The Kier molecular flexibility index (Phi) is 3.04. The van der Waals surface area contributed by atoms with Crippen molar-refractivity contribution in [3.05, 3.63) is 10.8 Å². The number of nitrogens with zero attached hydrogens (tertiary/aromatic N) is 6. The molecule has 0 N–H and O–H groups in total. The van der Waals surface area contributed by atoms with Gasteiger partial charge in [0.1, 0.15) is 4.60 Å². The first-order valence-corrected chi connectivity index (χ1v) is 5.94. The Morgan fingerprint density at radius 2 is 2.19 bits per heavy atom. The second-order valence-electron chi connectivity index (χ2n) is 3.69. The van der Waals surface area contributed by atoms with E-state index in [1.165, 1.54) is 0 Å². The Bertz CT molecular complexity index is 486. The number of aromatic nitrogens is 6. The van der Waals surface area contributed by atoms with Gasteiger partial charge in [-0.15, -0.1) is 10.2 Å². The first-order valence-electron chi connectivity index (χ1n) is 5.14. The second kappa shape index (κ2) is 4.32. The predicted octanol–water partition coefficient (Wildman–Crippen LogP) is 1.90. The molecule has 0 aromatic carbocycles. The number of hydrogen-bond acceptors (Lipinski definition) is 4. The molecule has 2 heterocycles. The smallest absolute Gasteiger partial charge is 0.209 e. The second-order valence-corrected chi connectivity index (χ2v) is 4.44. The van der Waals surface area contributed by atoms with Crippen molar-refractivity contribution in [1.82, 2.24) is 30.0 Å². The van der Waals surface area contributed by atoms with Gasteiger partial charge >= 0.3 is 0 Å². The molecule has 0 saturated heterocycles. The molecule has 0 saturated carbocycles. The van der Waals surface area contributed by atoms with E-state index in [4.69, 9.17) is 0 Å². The zero-order chi connectivity index (χ0) is 11.7. The van der Waals surface area contributed by atoms with E-state index in [1.54, 1.807) is 11.0 Å². The summed E-state index contributed by atoms with van der Waals surface area (Å²) in [5.74, 6) is 0.597. The summed E-state index contributed by atoms with van der Waals surface area (Å²) >= 11 is 3.48. The van der Waals surface area contributed by atoms with E-state index in [-0.39, 0.29) is 6.04 Å². The van der Waals surface area contributed by atoms with Gasteiger partial charge in [-0.05, 0) is 41.9 Å². The molecular formula is C9H13BrN6. The molecule has 0 atom stereocenters. The zero-order valence-corrected chi connectivity index (χ0v) is 11.0. The van der Waals surface area contributed by atoms with E-state index in [1.807, 2.05) is 25.5 Å². The van der Waals surface area contributed by atoms with Crippen LogP contribution in [0.2, 0.25) is 0 Å². The third kappa shape index (κ3) is 1.87. The first kappa shape index (κ1) is 11.3. The lowest BCUT2D eigenvalue weighted by Gasteiger charge is -1.99. The summed E-state index contributed by atoms with van der Waals surface area (Å²) in [7, 11) is 0. The van der Waals surface area contributed by atoms with Crippen molar-refractivity contribution < 1.29 is 0 Å². The van der Waals surface area contributed by atoms with Gasteiger partial charge in [0.25, 0.3) is 0 Å². The Labute approximate surface area is 102 Å². The van der Waals surface area contributed by atoms with Crippen LogP contribution in [-0.4, -0.2) is 30.0 Å². The van der Waals surface area contributed by atoms with E-state index < -0.39 is 0 Å². The lowest BCUT2D eigenvalue weighted by Crippen LogP contribution is -2.04. The highest BCUT2D eigenvalue weighted by Gasteiger charge is 2.14. The molecule has 7 heteroatoms. The quantitative estimate of drug-likeness (QED) is 0.864. The van der Waals surface area contributed by atoms with Crippen molar-refractivity contribution in [2.45, 2.75) is 33.4 Å². The van der Waals surface area contributed by atoms with Crippen LogP contribution >= 0.6 is 15.9 Å². The van der Waals surface area contributed by atoms with Gasteiger partial charge in [0.05, 0.1) is 17.8 Å². The fourth-order valence-corrected chi connectivity index (χ4v) is 1.91. The van der Waals surface area contributed by atoms with E-state index >= 15 is 0 Å². The van der Waals surface area contributed by atoms with Gasteiger partial charge in [-0.3, -0.25) is 4.68 Å². The molecule has 0 aliphatic heterocycles. The summed E-state index contributed by atoms with van der Waals surface area (Å²) < 4.78 is 2.73. The molecular weight excluding hydrogens is 272 g/mol. The van der Waals surface area contributed by atoms with Crippen LogP contribution in [0.15, 0.2) is 10.8 Å². The zero-order valence-electron chi connectivity index (χ0n) is 9.42. The number of hydrogen-bond donors (Lipinski definition) is 0. The fraction of sp³-hybridized carbons (Fsp3) is 0.556. The molecule has 0 bridgehead atoms. The van der Waals surface area contributed by atoms with Crippen molar-refractivity contribution in [2.75, 3.05) is 0 Å². The van der Waals surface area contributed by atoms with E-state index in [0.717, 1.165) is 16.7 Å². The molecule has 2 aromatic heterocycles. The summed E-state index contributed by atoms with van der Waals surface area (Å²) in [6.45, 7) is 6.85. The number of halogens is 1. The van der Waals surface area contributed by atoms with E-state index in [0.29, 0.717) is 5.82 Å². The molecule has 0 aliphatic carbocycles. The Morgan fingerprint density at radius 1 is 1.44 bits per heavy atom. The molecule has 0 radical (unpaired) electrons. The molecule has 0 spiro atoms. The third-order valence-electron chi connectivity index (χ3n) is 2.21. The van der Waals surface area contributed by atoms with E-state index in [2.05, 4.69) is 36.4 Å². The maximum Gasteiger partial charge on any atom is 0.209 e. The highest BCUT2D eigenvalue weighted by Crippen LogP contribution is 2.24. The topological polar surface area (TPSA) is 61.4 Å². The highest BCUT2D eigenvalue weighted by molar-refractivity contribution is 9.10. The van der Waals surface area contributed by atoms with Gasteiger partial charge in [-0.25, -0.2) is 0 Å². The van der Waals surface area contributed by atoms with Crippen LogP contribution < -0.4 is 0 Å². The Hall–Kier alpha value is -1.24. The predicted molar refractivity (Wildman–Crippen MR) is 62.8 cm³/mol. The molecule has 6 nitrogen and oxygen atoms in total. The minimum absolute atomic E-state index is 0.209. The molecule has 2 aromatic rings. The average molecular weight is 285 g/mol. The first-order chi connectivity index (χ1) is 7.63. The minimum Gasteiger partial charge on any atom is -0.258 e. The summed E-state index contributed by atoms with van der Waals surface area (Å²) in [6.07, 6.45) is 1.75. The molecule has 0 fully saturated rings. The van der Waals surface area contributed by atoms with Crippen molar-refractivity contribution in [3.8, 4) is 11.4 Å². The standard InChI is InChI=1S/C9H13BrN6/c1-4-15-8(10)7(5-11-15)9-12-14-16(13-9)6(2)3/h5-6H,4H2,1-3H3. The molecule has 0 unspecified atom stereocenters. The van der Waals surface area contributed by atoms with Gasteiger partial charge < -0.3 is 0 Å². The number of aryl methyl sites for hydroxylation is 1. The van der Waals surface area contributed by atoms with Crippen LogP contribution in [0.25, 0.3) is 11.4 Å². The normalized spacial score (nSPS) is 11.3. The van der Waals surface area contributed by atoms with Crippen molar-refractivity contribution in [2.24, 2.45) is 0 Å². The van der Waals surface area contributed by atoms with Gasteiger partial charge in [0, 0.05) is 6.54 Å². The lowest BCUT2D eigenvalue weighted by atomic mass is 10.3. The minimum atomic E-state index is 0.209. The molecule has 0 aliphatic rings. The van der Waals surface area contributed by atoms with Gasteiger partial charge in [0.15, 0.2) is 0 Å².